The average molecular weight is 1290 g/mol. The SMILES string of the molecule is CCCCCCCCCCCCCCCCOP(=O)(CCCNCCCC[C@H](NC(=O)CNC(=O)c1ccc(Cn2c(=O)[nH]c3c(N)nc(NCCCC)nc32)cc1)C(=O)CCCCCCCCCNCCCN)OCCCCCCCCCCCCCCCC. The number of hydrogen-bond donors (Lipinski definition) is 8. The average Bonchev–Trinajstić information content (AvgIpc) is 1.72. The van der Waals surface area contributed by atoms with E-state index in [2.05, 4.69) is 62.3 Å². The fourth-order valence-corrected chi connectivity index (χ4v) is 13.4. The van der Waals surface area contributed by atoms with Crippen molar-refractivity contribution < 1.29 is 28.0 Å². The van der Waals surface area contributed by atoms with Gasteiger partial charge in [-0.1, -0.05) is 238 Å². The van der Waals surface area contributed by atoms with Gasteiger partial charge in [-0.05, 0) is 115 Å². The molecule has 3 rings (SSSR count). The number of amides is 2. The number of nitrogens with two attached hydrogens (primary N) is 2. The Balaban J connectivity index is 1.47. The number of unbranched alkanes of at least 4 members (excludes halogenated alkanes) is 34. The van der Waals surface area contributed by atoms with E-state index >= 15 is 0 Å². The van der Waals surface area contributed by atoms with Crippen LogP contribution in [0.3, 0.4) is 0 Å². The van der Waals surface area contributed by atoms with Crippen molar-refractivity contribution in [1.29, 1.82) is 0 Å². The van der Waals surface area contributed by atoms with Gasteiger partial charge in [0.25, 0.3) is 5.91 Å². The van der Waals surface area contributed by atoms with Crippen molar-refractivity contribution >= 4 is 48.1 Å². The van der Waals surface area contributed by atoms with Gasteiger partial charge >= 0.3 is 13.3 Å². The van der Waals surface area contributed by atoms with Gasteiger partial charge in [-0.2, -0.15) is 9.97 Å². The molecule has 0 aliphatic rings. The topological polar surface area (TPSA) is 263 Å². The molecule has 0 fully saturated rings. The smallest absolute Gasteiger partial charge is 0.330 e. The molecule has 0 aliphatic carbocycles. The van der Waals surface area contributed by atoms with Crippen LogP contribution in [0.1, 0.15) is 313 Å². The van der Waals surface area contributed by atoms with Crippen LogP contribution in [0.2, 0.25) is 0 Å². The second-order valence-electron chi connectivity index (χ2n) is 25.8. The minimum absolute atomic E-state index is 0.0122. The van der Waals surface area contributed by atoms with Gasteiger partial charge in [0, 0.05) is 18.5 Å². The van der Waals surface area contributed by atoms with Gasteiger partial charge in [0.05, 0.1) is 38.5 Å². The summed E-state index contributed by atoms with van der Waals surface area (Å²) in [5.74, 6) is -0.326. The highest BCUT2D eigenvalue weighted by Gasteiger charge is 2.25. The van der Waals surface area contributed by atoms with Crippen molar-refractivity contribution in [2.75, 3.05) is 76.2 Å². The minimum atomic E-state index is -3.24. The highest BCUT2D eigenvalue weighted by molar-refractivity contribution is 7.53. The van der Waals surface area contributed by atoms with Gasteiger partial charge in [-0.25, -0.2) is 4.79 Å². The molecule has 522 valence electrons. The molecule has 0 saturated carbocycles. The number of nitrogens with zero attached hydrogens (tertiary/aromatic N) is 3. The van der Waals surface area contributed by atoms with Crippen LogP contribution in [-0.4, -0.2) is 108 Å². The van der Waals surface area contributed by atoms with Gasteiger partial charge in [0.2, 0.25) is 11.9 Å². The zero-order valence-corrected chi connectivity index (χ0v) is 58.8. The van der Waals surface area contributed by atoms with Crippen LogP contribution in [0, 0.1) is 0 Å². The van der Waals surface area contributed by atoms with E-state index in [4.69, 9.17) is 20.5 Å². The van der Waals surface area contributed by atoms with Crippen LogP contribution in [0.25, 0.3) is 11.2 Å². The number of carbonyl (C=O) groups is 3. The number of ketones is 1. The quantitative estimate of drug-likeness (QED) is 0.0193. The molecular weight excluding hydrogens is 1160 g/mol. The number of benzene rings is 1. The number of fused-ring (bicyclic) bond motifs is 1. The third-order valence-corrected chi connectivity index (χ3v) is 19.5. The number of nitrogen functional groups attached to an aromatic ring is 1. The van der Waals surface area contributed by atoms with Gasteiger partial charge < -0.3 is 52.1 Å². The summed E-state index contributed by atoms with van der Waals surface area (Å²) in [6.45, 7) is 12.2. The monoisotopic (exact) mass is 1290 g/mol. The maximum Gasteiger partial charge on any atom is 0.330 e. The first kappa shape index (κ1) is 81.0. The van der Waals surface area contributed by atoms with Gasteiger partial charge in [0.1, 0.15) is 5.52 Å². The first-order valence-corrected chi connectivity index (χ1v) is 39.0. The van der Waals surface area contributed by atoms with Gasteiger partial charge in [0.15, 0.2) is 17.2 Å². The maximum absolute atomic E-state index is 14.2. The molecule has 2 aromatic heterocycles. The highest BCUT2D eigenvalue weighted by Crippen LogP contribution is 2.49. The number of aromatic nitrogens is 4. The van der Waals surface area contributed by atoms with E-state index in [0.717, 1.165) is 109 Å². The fraction of sp³-hybridized carbons (Fsp3) is 0.806. The lowest BCUT2D eigenvalue weighted by atomic mass is 9.99. The highest BCUT2D eigenvalue weighted by atomic mass is 31.2. The molecule has 18 nitrogen and oxygen atoms in total. The normalized spacial score (nSPS) is 12.1. The van der Waals surface area contributed by atoms with Crippen LogP contribution in [0.15, 0.2) is 29.1 Å². The second-order valence-corrected chi connectivity index (χ2v) is 28.0. The minimum Gasteiger partial charge on any atom is -0.382 e. The largest absolute Gasteiger partial charge is 0.382 e. The van der Waals surface area contributed by atoms with Crippen LogP contribution < -0.4 is 43.7 Å². The summed E-state index contributed by atoms with van der Waals surface area (Å²) in [4.78, 5) is 65.2. The molecule has 0 bridgehead atoms. The number of H-pyrrole nitrogens is 1. The van der Waals surface area contributed by atoms with Crippen molar-refractivity contribution in [3.8, 4) is 0 Å². The summed E-state index contributed by atoms with van der Waals surface area (Å²) in [6, 6.07) is 6.15. The lowest BCUT2D eigenvalue weighted by Gasteiger charge is -2.19. The Morgan fingerprint density at radius 3 is 1.54 bits per heavy atom. The molecule has 2 amide bonds. The third kappa shape index (κ3) is 40.6. The molecule has 1 atom stereocenters. The molecule has 0 aliphatic heterocycles. The Kier molecular flexibility index (Phi) is 49.1. The lowest BCUT2D eigenvalue weighted by molar-refractivity contribution is -0.127. The molecule has 0 spiro atoms. The molecule has 1 aromatic carbocycles. The van der Waals surface area contributed by atoms with Crippen molar-refractivity contribution in [3.05, 3.63) is 45.9 Å². The van der Waals surface area contributed by atoms with Crippen molar-refractivity contribution in [3.63, 3.8) is 0 Å². The standard InChI is InChI=1S/C72H132N11O7P/c1-4-7-10-12-14-16-18-20-22-24-26-31-35-41-57-89-91(88,90-58-42-36-32-27-25-23-21-19-17-15-13-11-8-5-2)59-44-55-76-53-40-38-45-64(65(84)46-37-33-29-28-30-34-39-52-75-54-43-51-73)79-66(85)60-78-70(86)63-49-47-62(48-50-63)61-83-69-67(80-72(83)87)68(74)81-71(82-69)77-56-9-6-3/h47-50,64,75-76H,4-46,51-61,73H2,1-3H3,(H,78,86)(H,79,85)(H,80,87)(H3,74,77,81,82)/t64-/m0/s1. The zero-order chi connectivity index (χ0) is 65.5. The number of anilines is 2. The molecule has 0 unspecified atom stereocenters. The number of carbonyl (C=O) groups excluding carboxylic acids is 3. The Morgan fingerprint density at radius 1 is 0.560 bits per heavy atom. The summed E-state index contributed by atoms with van der Waals surface area (Å²) in [5, 5.41) is 15.8. The van der Waals surface area contributed by atoms with Crippen LogP contribution in [0.4, 0.5) is 11.8 Å². The number of rotatable bonds is 65. The van der Waals surface area contributed by atoms with E-state index in [1.54, 1.807) is 24.3 Å². The summed E-state index contributed by atoms with van der Waals surface area (Å²) >= 11 is 0. The number of nitrogens with one attached hydrogen (secondary N) is 6. The molecule has 0 radical (unpaired) electrons. The maximum atomic E-state index is 14.2. The predicted octanol–water partition coefficient (Wildman–Crippen LogP) is 16.1. The summed E-state index contributed by atoms with van der Waals surface area (Å²) in [5.41, 5.74) is 13.2. The van der Waals surface area contributed by atoms with E-state index in [1.165, 1.54) is 172 Å². The van der Waals surface area contributed by atoms with Crippen LogP contribution in [0.5, 0.6) is 0 Å². The summed E-state index contributed by atoms with van der Waals surface area (Å²) < 4.78 is 27.9. The lowest BCUT2D eigenvalue weighted by Crippen LogP contribution is -2.45. The summed E-state index contributed by atoms with van der Waals surface area (Å²) in [7, 11) is -3.24. The van der Waals surface area contributed by atoms with E-state index in [9.17, 15) is 23.7 Å². The second kappa shape index (κ2) is 55.1. The first-order chi connectivity index (χ1) is 44.5. The van der Waals surface area contributed by atoms with E-state index < -0.39 is 25.5 Å². The molecule has 19 heteroatoms. The third-order valence-electron chi connectivity index (χ3n) is 17.4. The van der Waals surface area contributed by atoms with Crippen LogP contribution in [-0.2, 0) is 29.7 Å². The first-order valence-electron chi connectivity index (χ1n) is 37.2. The number of imidazole rings is 1. The number of hydrogen-bond acceptors (Lipinski definition) is 14. The Morgan fingerprint density at radius 2 is 1.02 bits per heavy atom. The molecule has 91 heavy (non-hydrogen) atoms. The van der Waals surface area contributed by atoms with Gasteiger partial charge in [-0.15, -0.1) is 0 Å². The molecular formula is C72H132N11O7P. The number of Topliss-reactive ketones (excluding diaryl/α,β-unsaturated/α-hetero) is 1. The Labute approximate surface area is 551 Å². The van der Waals surface area contributed by atoms with Crippen LogP contribution >= 0.6 is 7.60 Å². The summed E-state index contributed by atoms with van der Waals surface area (Å²) in [6.07, 6.45) is 49.8. The molecule has 3 aromatic rings. The van der Waals surface area contributed by atoms with E-state index in [-0.39, 0.29) is 30.4 Å². The van der Waals surface area contributed by atoms with E-state index in [1.807, 2.05) is 0 Å². The Hall–Kier alpha value is -4.19. The predicted molar refractivity (Wildman–Crippen MR) is 381 cm³/mol. The molecule has 10 N–H and O–H groups in total. The fourth-order valence-electron chi connectivity index (χ4n) is 11.7. The van der Waals surface area contributed by atoms with E-state index in [0.29, 0.717) is 87.4 Å². The number of aromatic amines is 1. The van der Waals surface area contributed by atoms with Gasteiger partial charge in [-0.3, -0.25) is 23.5 Å². The van der Waals surface area contributed by atoms with Crippen molar-refractivity contribution in [1.82, 2.24) is 40.8 Å². The zero-order valence-electron chi connectivity index (χ0n) is 57.9. The van der Waals surface area contributed by atoms with Crippen molar-refractivity contribution in [2.24, 2.45) is 5.73 Å². The molecule has 0 saturated heterocycles. The molecule has 2 heterocycles. The Bertz CT molecular complexity index is 2350. The van der Waals surface area contributed by atoms with Crippen molar-refractivity contribution in [2.45, 2.75) is 309 Å².